The molecule has 0 unspecified atom stereocenters. The van der Waals surface area contributed by atoms with E-state index >= 15 is 0 Å². The highest BCUT2D eigenvalue weighted by Crippen LogP contribution is 2.49. The van der Waals surface area contributed by atoms with E-state index < -0.39 is 0 Å². The summed E-state index contributed by atoms with van der Waals surface area (Å²) in [6.45, 7) is -0.0788. The van der Waals surface area contributed by atoms with Crippen LogP contribution in [-0.2, 0) is 0 Å². The lowest BCUT2D eigenvalue weighted by molar-refractivity contribution is 0.622. The van der Waals surface area contributed by atoms with Gasteiger partial charge in [0.15, 0.2) is 0 Å². The summed E-state index contributed by atoms with van der Waals surface area (Å²) >= 11 is 0. The van der Waals surface area contributed by atoms with Gasteiger partial charge in [-0.25, -0.2) is 0 Å². The summed E-state index contributed by atoms with van der Waals surface area (Å²) in [5.41, 5.74) is 14.4. The third-order valence-electron chi connectivity index (χ3n) is 9.38. The van der Waals surface area contributed by atoms with Gasteiger partial charge in [-0.1, -0.05) is 127 Å². The number of hydrogen-bond acceptors (Lipinski definition) is 2. The van der Waals surface area contributed by atoms with Gasteiger partial charge in [0.2, 0.25) is 5.88 Å². The van der Waals surface area contributed by atoms with Gasteiger partial charge in [0, 0.05) is 49.9 Å². The van der Waals surface area contributed by atoms with Crippen LogP contribution >= 0.6 is 0 Å². The zero-order chi connectivity index (χ0) is 28.8. The van der Waals surface area contributed by atoms with E-state index in [-0.39, 0.29) is 6.85 Å². The van der Waals surface area contributed by atoms with E-state index in [1.54, 1.807) is 0 Å². The molecule has 4 heteroatoms. The summed E-state index contributed by atoms with van der Waals surface area (Å²) in [6, 6.07) is 54.4. The van der Waals surface area contributed by atoms with Crippen molar-refractivity contribution in [3.8, 4) is 33.5 Å². The minimum atomic E-state index is -0.0788. The van der Waals surface area contributed by atoms with Crippen LogP contribution in [0.15, 0.2) is 156 Å². The minimum absolute atomic E-state index is 0.0788. The van der Waals surface area contributed by atoms with Crippen molar-refractivity contribution in [1.29, 1.82) is 0 Å². The Hall–Kier alpha value is -5.74. The van der Waals surface area contributed by atoms with Crippen molar-refractivity contribution in [2.24, 2.45) is 0 Å². The second kappa shape index (κ2) is 8.89. The molecule has 0 radical (unpaired) electrons. The average molecular weight is 560 g/mol. The van der Waals surface area contributed by atoms with Crippen LogP contribution < -0.4 is 15.8 Å². The fraction of sp³-hybridized carbons (Fsp3) is 0. The van der Waals surface area contributed by atoms with Gasteiger partial charge >= 0.3 is 6.85 Å². The van der Waals surface area contributed by atoms with Crippen LogP contribution in [0.3, 0.4) is 0 Å². The van der Waals surface area contributed by atoms with Gasteiger partial charge in [-0.2, -0.15) is 0 Å². The smallest absolute Gasteiger partial charge is 0.337 e. The van der Waals surface area contributed by atoms with E-state index in [1.807, 2.05) is 0 Å². The summed E-state index contributed by atoms with van der Waals surface area (Å²) in [4.78, 5) is 2.32. The fourth-order valence-electron chi connectivity index (χ4n) is 7.72. The van der Waals surface area contributed by atoms with Crippen molar-refractivity contribution >= 4 is 56.9 Å². The zero-order valence-electron chi connectivity index (χ0n) is 23.8. The molecular formula is C40H25BN2O. The standard InChI is InChI=1S/C40H25BN2O/c1-4-14-26(15-5-1)35-32-23-12-22-30-29-21-13-24-33-36(29)41(43(39(30)32)38(35)27-16-6-2-7-17-27)37-31-20-10-11-25-34(31)44-40(37)42(33)28-18-8-3-9-19-28/h1-25H. The maximum Gasteiger partial charge on any atom is 0.337 e. The van der Waals surface area contributed by atoms with E-state index in [0.717, 1.165) is 28.2 Å². The van der Waals surface area contributed by atoms with E-state index in [2.05, 4.69) is 161 Å². The monoisotopic (exact) mass is 560 g/mol. The lowest BCUT2D eigenvalue weighted by Gasteiger charge is -2.38. The van der Waals surface area contributed by atoms with Crippen LogP contribution in [0.4, 0.5) is 17.3 Å². The molecule has 4 heterocycles. The number of rotatable bonds is 3. The van der Waals surface area contributed by atoms with Gasteiger partial charge in [0.25, 0.3) is 0 Å². The van der Waals surface area contributed by atoms with Gasteiger partial charge in [0.1, 0.15) is 5.58 Å². The molecule has 8 aromatic rings. The Kier molecular flexibility index (Phi) is 4.80. The molecule has 0 saturated heterocycles. The highest BCUT2D eigenvalue weighted by molar-refractivity contribution is 6.91. The lowest BCUT2D eigenvalue weighted by Crippen LogP contribution is -2.56. The summed E-state index contributed by atoms with van der Waals surface area (Å²) < 4.78 is 9.47. The molecule has 0 N–H and O–H groups in total. The van der Waals surface area contributed by atoms with E-state index in [0.29, 0.717) is 0 Å². The first-order valence-corrected chi connectivity index (χ1v) is 15.2. The summed E-state index contributed by atoms with van der Waals surface area (Å²) in [6.07, 6.45) is 0. The zero-order valence-corrected chi connectivity index (χ0v) is 23.8. The number of fused-ring (bicyclic) bond motifs is 6. The number of furan rings is 1. The van der Waals surface area contributed by atoms with Crippen molar-refractivity contribution in [3.05, 3.63) is 152 Å². The fourth-order valence-corrected chi connectivity index (χ4v) is 7.72. The maximum atomic E-state index is 6.84. The van der Waals surface area contributed by atoms with Crippen molar-refractivity contribution in [2.75, 3.05) is 4.90 Å². The molecule has 2 aliphatic heterocycles. The Balaban J connectivity index is 1.42. The molecule has 10 rings (SSSR count). The Morgan fingerprint density at radius 1 is 0.500 bits per heavy atom. The quantitative estimate of drug-likeness (QED) is 0.201. The number of hydrogen-bond donors (Lipinski definition) is 0. The number of anilines is 3. The minimum Gasteiger partial charge on any atom is -0.440 e. The second-order valence-corrected chi connectivity index (χ2v) is 11.7. The van der Waals surface area contributed by atoms with Crippen LogP contribution in [0.5, 0.6) is 0 Å². The molecule has 0 fully saturated rings. The Morgan fingerprint density at radius 3 is 1.93 bits per heavy atom. The van der Waals surface area contributed by atoms with Gasteiger partial charge in [-0.3, -0.25) is 4.90 Å². The molecule has 0 saturated carbocycles. The molecule has 0 bridgehead atoms. The molecule has 0 aliphatic carbocycles. The van der Waals surface area contributed by atoms with E-state index in [4.69, 9.17) is 4.42 Å². The Labute approximate surface area is 255 Å². The third-order valence-corrected chi connectivity index (χ3v) is 9.38. The third kappa shape index (κ3) is 3.07. The van der Waals surface area contributed by atoms with E-state index in [9.17, 15) is 0 Å². The van der Waals surface area contributed by atoms with Gasteiger partial charge in [-0.15, -0.1) is 0 Å². The summed E-state index contributed by atoms with van der Waals surface area (Å²) in [5, 5.41) is 2.42. The highest BCUT2D eigenvalue weighted by atomic mass is 16.4. The predicted octanol–water partition coefficient (Wildman–Crippen LogP) is 9.14. The number of aromatic nitrogens is 1. The van der Waals surface area contributed by atoms with Crippen LogP contribution in [0, 0.1) is 0 Å². The van der Waals surface area contributed by atoms with Crippen LogP contribution in [0.25, 0.3) is 55.4 Å². The first-order valence-electron chi connectivity index (χ1n) is 15.2. The molecule has 3 nitrogen and oxygen atoms in total. The molecule has 6 aromatic carbocycles. The molecule has 44 heavy (non-hydrogen) atoms. The summed E-state index contributed by atoms with van der Waals surface area (Å²) in [5.74, 6) is 0.883. The lowest BCUT2D eigenvalue weighted by atomic mass is 9.45. The van der Waals surface area contributed by atoms with Crippen molar-refractivity contribution in [1.82, 2.24) is 4.48 Å². The molecule has 0 atom stereocenters. The molecular weight excluding hydrogens is 535 g/mol. The number of para-hydroxylation sites is 3. The first-order chi connectivity index (χ1) is 21.9. The first kappa shape index (κ1) is 23.8. The van der Waals surface area contributed by atoms with Gasteiger partial charge < -0.3 is 8.90 Å². The molecule has 2 aromatic heterocycles. The number of nitrogens with zero attached hydrogens (tertiary/aromatic N) is 2. The average Bonchev–Trinajstić information content (AvgIpc) is 3.65. The topological polar surface area (TPSA) is 21.3 Å². The molecule has 0 spiro atoms. The van der Waals surface area contributed by atoms with Gasteiger partial charge in [-0.05, 0) is 46.4 Å². The Bertz CT molecular complexity index is 2390. The van der Waals surface area contributed by atoms with E-state index in [1.165, 1.54) is 55.3 Å². The predicted molar refractivity (Wildman–Crippen MR) is 183 cm³/mol. The van der Waals surface area contributed by atoms with Crippen LogP contribution in [-0.4, -0.2) is 11.3 Å². The van der Waals surface area contributed by atoms with Crippen molar-refractivity contribution in [2.45, 2.75) is 0 Å². The largest absolute Gasteiger partial charge is 0.440 e. The normalized spacial score (nSPS) is 12.9. The Morgan fingerprint density at radius 2 is 1.14 bits per heavy atom. The SMILES string of the molecule is c1ccc(-c2c(-c3ccccc3)n3c4c(cccc24)-c2cccc4c2B3c2c(oc3ccccc23)N4c2ccccc2)cc1. The molecule has 204 valence electrons. The molecule has 0 amide bonds. The highest BCUT2D eigenvalue weighted by Gasteiger charge is 2.46. The number of benzene rings is 6. The van der Waals surface area contributed by atoms with Crippen molar-refractivity contribution < 1.29 is 4.42 Å². The van der Waals surface area contributed by atoms with Crippen LogP contribution in [0.2, 0.25) is 0 Å². The second-order valence-electron chi connectivity index (χ2n) is 11.7. The molecule has 2 aliphatic rings. The maximum absolute atomic E-state index is 6.84. The van der Waals surface area contributed by atoms with Gasteiger partial charge in [0.05, 0.1) is 0 Å². The van der Waals surface area contributed by atoms with Crippen LogP contribution in [0.1, 0.15) is 0 Å². The van der Waals surface area contributed by atoms with Crippen molar-refractivity contribution in [3.63, 3.8) is 0 Å². The summed E-state index contributed by atoms with van der Waals surface area (Å²) in [7, 11) is 0.